The fourth-order valence-electron chi connectivity index (χ4n) is 1.65. The molecule has 1 atom stereocenters. The molecule has 1 aliphatic heterocycles. The summed E-state index contributed by atoms with van der Waals surface area (Å²) in [7, 11) is 0. The molecule has 17 heavy (non-hydrogen) atoms. The number of hydrogen-bond donors (Lipinski definition) is 1. The molecular weight excluding hydrogens is 222 g/mol. The monoisotopic (exact) mass is 235 g/mol. The van der Waals surface area contributed by atoms with Gasteiger partial charge in [-0.1, -0.05) is 12.1 Å². The molecule has 0 saturated carbocycles. The van der Waals surface area contributed by atoms with Gasteiger partial charge in [0.05, 0.1) is 13.0 Å². The number of nitrogens with two attached hydrogens (primary N) is 1. The summed E-state index contributed by atoms with van der Waals surface area (Å²) in [5, 5.41) is 0. The molecule has 1 unspecified atom stereocenters. The molecule has 5 nitrogen and oxygen atoms in total. The van der Waals surface area contributed by atoms with Crippen LogP contribution in [0.15, 0.2) is 24.3 Å². The Morgan fingerprint density at radius 3 is 3.00 bits per heavy atom. The lowest BCUT2D eigenvalue weighted by atomic mass is 10.1. The Balaban J connectivity index is 1.91. The van der Waals surface area contributed by atoms with E-state index >= 15 is 0 Å². The third-order valence-corrected chi connectivity index (χ3v) is 2.46. The number of benzene rings is 1. The molecule has 1 fully saturated rings. The molecule has 1 saturated heterocycles. The predicted octanol–water partition coefficient (Wildman–Crippen LogP) is 0.670. The average molecular weight is 235 g/mol. The number of ether oxygens (including phenoxy) is 2. The van der Waals surface area contributed by atoms with Crippen LogP contribution in [0.5, 0.6) is 0 Å². The van der Waals surface area contributed by atoms with E-state index in [1.807, 2.05) is 0 Å². The first-order chi connectivity index (χ1) is 8.15. The van der Waals surface area contributed by atoms with Crippen molar-refractivity contribution in [1.82, 2.24) is 0 Å². The maximum absolute atomic E-state index is 11.6. The van der Waals surface area contributed by atoms with E-state index < -0.39 is 18.0 Å². The molecule has 0 aromatic heterocycles. The zero-order valence-electron chi connectivity index (χ0n) is 9.22. The molecule has 1 heterocycles. The van der Waals surface area contributed by atoms with Gasteiger partial charge in [0.2, 0.25) is 6.10 Å². The molecule has 2 rings (SSSR count). The summed E-state index contributed by atoms with van der Waals surface area (Å²) in [6.45, 7) is 0.315. The maximum atomic E-state index is 11.6. The van der Waals surface area contributed by atoms with Gasteiger partial charge in [-0.3, -0.25) is 4.79 Å². The Hall–Kier alpha value is -2.04. The number of hydrogen-bond acceptors (Lipinski definition) is 5. The van der Waals surface area contributed by atoms with Crippen molar-refractivity contribution in [2.75, 3.05) is 12.3 Å². The number of nitrogen functional groups attached to an aromatic ring is 1. The fourth-order valence-corrected chi connectivity index (χ4v) is 1.65. The normalized spacial score (nSPS) is 18.8. The predicted molar refractivity (Wildman–Crippen MR) is 60.0 cm³/mol. The first kappa shape index (κ1) is 11.4. The molecular formula is C12H13NO4. The van der Waals surface area contributed by atoms with Crippen molar-refractivity contribution in [1.29, 1.82) is 0 Å². The fraction of sp³-hybridized carbons (Fsp3) is 0.333. The van der Waals surface area contributed by atoms with E-state index in [4.69, 9.17) is 15.2 Å². The summed E-state index contributed by atoms with van der Waals surface area (Å²) in [6.07, 6.45) is -0.209. The van der Waals surface area contributed by atoms with Gasteiger partial charge in [-0.05, 0) is 17.7 Å². The summed E-state index contributed by atoms with van der Waals surface area (Å²) in [6, 6.07) is 6.99. The summed E-state index contributed by atoms with van der Waals surface area (Å²) in [5.74, 6) is -0.912. The van der Waals surface area contributed by atoms with E-state index in [-0.39, 0.29) is 6.42 Å². The van der Waals surface area contributed by atoms with Gasteiger partial charge >= 0.3 is 11.9 Å². The van der Waals surface area contributed by atoms with Crippen molar-refractivity contribution in [3.05, 3.63) is 29.8 Å². The van der Waals surface area contributed by atoms with Crippen LogP contribution in [0.2, 0.25) is 0 Å². The van der Waals surface area contributed by atoms with Crippen LogP contribution in [-0.4, -0.2) is 24.6 Å². The molecule has 0 spiro atoms. The SMILES string of the molecule is Nc1cccc(CC(=O)OC2CCOC2=O)c1. The lowest BCUT2D eigenvalue weighted by Crippen LogP contribution is -2.23. The van der Waals surface area contributed by atoms with Gasteiger partial charge < -0.3 is 15.2 Å². The van der Waals surface area contributed by atoms with Crippen LogP contribution in [-0.2, 0) is 25.5 Å². The number of esters is 2. The summed E-state index contributed by atoms with van der Waals surface area (Å²) in [5.41, 5.74) is 6.95. The van der Waals surface area contributed by atoms with Gasteiger partial charge in [-0.25, -0.2) is 4.79 Å². The van der Waals surface area contributed by atoms with Crippen molar-refractivity contribution >= 4 is 17.6 Å². The topological polar surface area (TPSA) is 78.6 Å². The number of carbonyl (C=O) groups excluding carboxylic acids is 2. The van der Waals surface area contributed by atoms with Crippen LogP contribution in [0.1, 0.15) is 12.0 Å². The van der Waals surface area contributed by atoms with Gasteiger partial charge in [0.25, 0.3) is 0 Å². The van der Waals surface area contributed by atoms with Gasteiger partial charge in [-0.15, -0.1) is 0 Å². The van der Waals surface area contributed by atoms with Crippen molar-refractivity contribution in [2.24, 2.45) is 0 Å². The Morgan fingerprint density at radius 1 is 1.53 bits per heavy atom. The zero-order valence-corrected chi connectivity index (χ0v) is 9.22. The highest BCUT2D eigenvalue weighted by Gasteiger charge is 2.29. The van der Waals surface area contributed by atoms with E-state index in [0.29, 0.717) is 18.7 Å². The molecule has 2 N–H and O–H groups in total. The molecule has 90 valence electrons. The van der Waals surface area contributed by atoms with E-state index in [9.17, 15) is 9.59 Å². The van der Waals surface area contributed by atoms with E-state index in [1.54, 1.807) is 24.3 Å². The number of anilines is 1. The van der Waals surface area contributed by atoms with Crippen LogP contribution >= 0.6 is 0 Å². The Labute approximate surface area is 98.5 Å². The molecule has 0 amide bonds. The number of rotatable bonds is 3. The molecule has 0 aliphatic carbocycles. The largest absolute Gasteiger partial charge is 0.463 e. The minimum Gasteiger partial charge on any atom is -0.463 e. The molecule has 0 radical (unpaired) electrons. The second kappa shape index (κ2) is 4.86. The van der Waals surface area contributed by atoms with Crippen LogP contribution in [0.3, 0.4) is 0 Å². The van der Waals surface area contributed by atoms with Crippen LogP contribution < -0.4 is 5.73 Å². The van der Waals surface area contributed by atoms with Gasteiger partial charge in [-0.2, -0.15) is 0 Å². The Kier molecular flexibility index (Phi) is 3.27. The average Bonchev–Trinajstić information content (AvgIpc) is 2.64. The molecule has 0 bridgehead atoms. The summed E-state index contributed by atoms with van der Waals surface area (Å²) in [4.78, 5) is 22.7. The van der Waals surface area contributed by atoms with E-state index in [2.05, 4.69) is 0 Å². The second-order valence-corrected chi connectivity index (χ2v) is 3.86. The first-order valence-electron chi connectivity index (χ1n) is 5.35. The van der Waals surface area contributed by atoms with Crippen molar-refractivity contribution in [3.8, 4) is 0 Å². The highest BCUT2D eigenvalue weighted by Crippen LogP contribution is 2.13. The number of cyclic esters (lactones) is 1. The molecule has 1 aromatic rings. The van der Waals surface area contributed by atoms with Crippen molar-refractivity contribution < 1.29 is 19.1 Å². The van der Waals surface area contributed by atoms with Gasteiger partial charge in [0, 0.05) is 12.1 Å². The van der Waals surface area contributed by atoms with Gasteiger partial charge in [0.1, 0.15) is 0 Å². The summed E-state index contributed by atoms with van der Waals surface area (Å²) < 4.78 is 9.71. The highest BCUT2D eigenvalue weighted by atomic mass is 16.6. The highest BCUT2D eigenvalue weighted by molar-refractivity contribution is 5.81. The third kappa shape index (κ3) is 2.96. The quantitative estimate of drug-likeness (QED) is 0.615. The van der Waals surface area contributed by atoms with Crippen LogP contribution in [0.25, 0.3) is 0 Å². The van der Waals surface area contributed by atoms with Crippen LogP contribution in [0.4, 0.5) is 5.69 Å². The smallest absolute Gasteiger partial charge is 0.347 e. The standard InChI is InChI=1S/C12H13NO4/c13-9-3-1-2-8(6-9)7-11(14)17-10-4-5-16-12(10)15/h1-3,6,10H,4-5,7,13H2. The van der Waals surface area contributed by atoms with Crippen molar-refractivity contribution in [3.63, 3.8) is 0 Å². The lowest BCUT2D eigenvalue weighted by Gasteiger charge is -2.08. The zero-order chi connectivity index (χ0) is 12.3. The second-order valence-electron chi connectivity index (χ2n) is 3.86. The van der Waals surface area contributed by atoms with E-state index in [1.165, 1.54) is 0 Å². The lowest BCUT2D eigenvalue weighted by molar-refractivity contribution is -0.159. The van der Waals surface area contributed by atoms with Crippen molar-refractivity contribution in [2.45, 2.75) is 18.9 Å². The van der Waals surface area contributed by atoms with Gasteiger partial charge in [0.15, 0.2) is 0 Å². The maximum Gasteiger partial charge on any atom is 0.347 e. The molecule has 5 heteroatoms. The van der Waals surface area contributed by atoms with Crippen LogP contribution in [0, 0.1) is 0 Å². The Morgan fingerprint density at radius 2 is 2.35 bits per heavy atom. The summed E-state index contributed by atoms with van der Waals surface area (Å²) >= 11 is 0. The number of carbonyl (C=O) groups is 2. The minimum absolute atomic E-state index is 0.106. The Bertz CT molecular complexity index is 444. The minimum atomic E-state index is -0.747. The van der Waals surface area contributed by atoms with E-state index in [0.717, 1.165) is 5.56 Å². The molecule has 1 aliphatic rings. The third-order valence-electron chi connectivity index (χ3n) is 2.46. The molecule has 1 aromatic carbocycles. The first-order valence-corrected chi connectivity index (χ1v) is 5.35.